The van der Waals surface area contributed by atoms with E-state index in [2.05, 4.69) is 4.74 Å². The molecule has 0 saturated heterocycles. The molecule has 0 saturated carbocycles. The Kier molecular flexibility index (Phi) is 3.30. The zero-order valence-electron chi connectivity index (χ0n) is 7.91. The summed E-state index contributed by atoms with van der Waals surface area (Å²) in [5.41, 5.74) is 0.737. The van der Waals surface area contributed by atoms with Crippen LogP contribution in [-0.4, -0.2) is 29.3 Å². The number of nitrogens with zero attached hydrogens (tertiary/aromatic N) is 1. The summed E-state index contributed by atoms with van der Waals surface area (Å²) >= 11 is 5.40. The minimum Gasteiger partial charge on any atom is -0.464 e. The molecule has 0 aliphatic carbocycles. The summed E-state index contributed by atoms with van der Waals surface area (Å²) in [6.45, 7) is 0. The van der Waals surface area contributed by atoms with Crippen molar-refractivity contribution in [2.45, 2.75) is 0 Å². The van der Waals surface area contributed by atoms with Crippen LogP contribution in [0.1, 0.15) is 21.0 Å². The Bertz CT molecular complexity index is 337. The normalized spacial score (nSPS) is 9.93. The molecule has 4 nitrogen and oxygen atoms in total. The lowest BCUT2D eigenvalue weighted by atomic mass is 10.3. The first-order valence-electron chi connectivity index (χ1n) is 3.95. The first-order valence-corrected chi connectivity index (χ1v) is 4.48. The fourth-order valence-corrected chi connectivity index (χ4v) is 1.31. The van der Waals surface area contributed by atoms with Gasteiger partial charge in [-0.1, -0.05) is 0 Å². The van der Waals surface area contributed by atoms with E-state index < -0.39 is 5.97 Å². The Morgan fingerprint density at radius 2 is 2.00 bits per heavy atom. The van der Waals surface area contributed by atoms with Gasteiger partial charge in [-0.15, -0.1) is 11.6 Å². The third-order valence-corrected chi connectivity index (χ3v) is 2.17. The number of hydrogen-bond donors (Lipinski definition) is 0. The number of rotatable bonds is 3. The predicted molar refractivity (Wildman–Crippen MR) is 51.8 cm³/mol. The van der Waals surface area contributed by atoms with E-state index in [9.17, 15) is 9.59 Å². The summed E-state index contributed by atoms with van der Waals surface area (Å²) in [6.07, 6.45) is 0. The molecule has 0 fully saturated rings. The van der Waals surface area contributed by atoms with Crippen molar-refractivity contribution >= 4 is 23.4 Å². The van der Waals surface area contributed by atoms with Crippen LogP contribution >= 0.6 is 11.6 Å². The molecule has 0 spiro atoms. The molecule has 0 amide bonds. The van der Waals surface area contributed by atoms with Crippen LogP contribution in [0.3, 0.4) is 0 Å². The van der Waals surface area contributed by atoms with Crippen molar-refractivity contribution in [3.63, 3.8) is 0 Å². The number of Topliss-reactive ketones (excluding diaryl/α,β-unsaturated/α-hetero) is 1. The molecule has 0 atom stereocenters. The second-order valence-corrected chi connectivity index (χ2v) is 2.98. The van der Waals surface area contributed by atoms with Gasteiger partial charge in [0.2, 0.25) is 0 Å². The number of aromatic nitrogens is 1. The third-order valence-electron chi connectivity index (χ3n) is 1.92. The standard InChI is InChI=1S/C9H10ClNO3/c1-11-6(8(12)5-10)3-4-7(11)9(13)14-2/h3-4H,5H2,1-2H3. The molecule has 0 radical (unpaired) electrons. The van der Waals surface area contributed by atoms with Gasteiger partial charge in [0.15, 0.2) is 5.78 Å². The molecule has 76 valence electrons. The van der Waals surface area contributed by atoms with E-state index in [1.807, 2.05) is 0 Å². The average molecular weight is 216 g/mol. The van der Waals surface area contributed by atoms with Crippen LogP contribution in [0.25, 0.3) is 0 Å². The highest BCUT2D eigenvalue weighted by molar-refractivity contribution is 6.30. The van der Waals surface area contributed by atoms with Gasteiger partial charge < -0.3 is 9.30 Å². The smallest absolute Gasteiger partial charge is 0.354 e. The van der Waals surface area contributed by atoms with E-state index in [0.29, 0.717) is 11.4 Å². The first-order chi connectivity index (χ1) is 6.61. The number of carbonyl (C=O) groups excluding carboxylic acids is 2. The molecule has 1 rings (SSSR count). The fraction of sp³-hybridized carbons (Fsp3) is 0.333. The molecule has 0 aliphatic heterocycles. The number of ketones is 1. The van der Waals surface area contributed by atoms with Crippen LogP contribution in [0.2, 0.25) is 0 Å². The van der Waals surface area contributed by atoms with Crippen LogP contribution in [0.5, 0.6) is 0 Å². The van der Waals surface area contributed by atoms with E-state index in [1.165, 1.54) is 17.7 Å². The van der Waals surface area contributed by atoms with Crippen molar-refractivity contribution in [1.29, 1.82) is 0 Å². The largest absolute Gasteiger partial charge is 0.464 e. The molecule has 14 heavy (non-hydrogen) atoms. The molecule has 1 aromatic rings. The van der Waals surface area contributed by atoms with Gasteiger partial charge in [0.1, 0.15) is 5.69 Å². The molecule has 1 aromatic heterocycles. The third kappa shape index (κ3) is 1.80. The van der Waals surface area contributed by atoms with Gasteiger partial charge in [0.25, 0.3) is 0 Å². The lowest BCUT2D eigenvalue weighted by molar-refractivity contribution is 0.0590. The maximum atomic E-state index is 11.3. The van der Waals surface area contributed by atoms with Crippen LogP contribution in [-0.2, 0) is 11.8 Å². The highest BCUT2D eigenvalue weighted by atomic mass is 35.5. The Balaban J connectivity index is 3.08. The zero-order valence-corrected chi connectivity index (χ0v) is 8.67. The number of halogens is 1. The van der Waals surface area contributed by atoms with Crippen LogP contribution in [0.15, 0.2) is 12.1 Å². The number of methoxy groups -OCH3 is 1. The molecular formula is C9H10ClNO3. The Morgan fingerprint density at radius 3 is 2.50 bits per heavy atom. The number of esters is 1. The average Bonchev–Trinajstić information content (AvgIpc) is 2.58. The predicted octanol–water partition coefficient (Wildman–Crippen LogP) is 1.23. The highest BCUT2D eigenvalue weighted by Gasteiger charge is 2.16. The second kappa shape index (κ2) is 4.28. The van der Waals surface area contributed by atoms with E-state index in [4.69, 9.17) is 11.6 Å². The van der Waals surface area contributed by atoms with Gasteiger partial charge in [-0.05, 0) is 12.1 Å². The number of ether oxygens (including phenoxy) is 1. The molecule has 5 heteroatoms. The van der Waals surface area contributed by atoms with Crippen molar-refractivity contribution < 1.29 is 14.3 Å². The van der Waals surface area contributed by atoms with E-state index in [1.54, 1.807) is 13.1 Å². The number of alkyl halides is 1. The number of carbonyl (C=O) groups is 2. The minimum atomic E-state index is -0.471. The molecule has 1 heterocycles. The topological polar surface area (TPSA) is 48.3 Å². The summed E-state index contributed by atoms with van der Waals surface area (Å²) in [5.74, 6) is -0.788. The Hall–Kier alpha value is -1.29. The summed E-state index contributed by atoms with van der Waals surface area (Å²) in [4.78, 5) is 22.4. The molecular weight excluding hydrogens is 206 g/mol. The van der Waals surface area contributed by atoms with Gasteiger partial charge in [-0.25, -0.2) is 4.79 Å². The van der Waals surface area contributed by atoms with Crippen molar-refractivity contribution in [1.82, 2.24) is 4.57 Å². The number of hydrogen-bond acceptors (Lipinski definition) is 3. The SMILES string of the molecule is COC(=O)c1ccc(C(=O)CCl)n1C. The van der Waals surface area contributed by atoms with E-state index in [-0.39, 0.29) is 11.7 Å². The highest BCUT2D eigenvalue weighted by Crippen LogP contribution is 2.09. The lowest BCUT2D eigenvalue weighted by Crippen LogP contribution is -2.13. The van der Waals surface area contributed by atoms with E-state index >= 15 is 0 Å². The Labute approximate surface area is 86.4 Å². The summed E-state index contributed by atoms with van der Waals surface area (Å²) in [5, 5.41) is 0. The zero-order chi connectivity index (χ0) is 10.7. The van der Waals surface area contributed by atoms with Crippen LogP contribution in [0.4, 0.5) is 0 Å². The summed E-state index contributed by atoms with van der Waals surface area (Å²) in [7, 11) is 2.91. The maximum Gasteiger partial charge on any atom is 0.354 e. The van der Waals surface area contributed by atoms with Gasteiger partial charge in [-0.3, -0.25) is 4.79 Å². The van der Waals surface area contributed by atoms with Gasteiger partial charge in [0.05, 0.1) is 18.7 Å². The molecule has 0 aromatic carbocycles. The molecule has 0 aliphatic rings. The van der Waals surface area contributed by atoms with E-state index in [0.717, 1.165) is 0 Å². The first kappa shape index (κ1) is 10.8. The van der Waals surface area contributed by atoms with Crippen LogP contribution < -0.4 is 0 Å². The van der Waals surface area contributed by atoms with Crippen LogP contribution in [0, 0.1) is 0 Å². The molecule has 0 bridgehead atoms. The lowest BCUT2D eigenvalue weighted by Gasteiger charge is -2.03. The quantitative estimate of drug-likeness (QED) is 0.433. The van der Waals surface area contributed by atoms with Gasteiger partial charge in [0, 0.05) is 7.05 Å². The summed E-state index contributed by atoms with van der Waals surface area (Å²) in [6, 6.07) is 3.09. The van der Waals surface area contributed by atoms with Crippen molar-refractivity contribution in [3.8, 4) is 0 Å². The second-order valence-electron chi connectivity index (χ2n) is 2.71. The molecule has 0 N–H and O–H groups in total. The fourth-order valence-electron chi connectivity index (χ4n) is 1.17. The summed E-state index contributed by atoms with van der Waals surface area (Å²) < 4.78 is 6.01. The monoisotopic (exact) mass is 215 g/mol. The van der Waals surface area contributed by atoms with Gasteiger partial charge in [-0.2, -0.15) is 0 Å². The van der Waals surface area contributed by atoms with Crippen molar-refractivity contribution in [2.24, 2.45) is 7.05 Å². The Morgan fingerprint density at radius 1 is 1.43 bits per heavy atom. The van der Waals surface area contributed by atoms with Crippen molar-refractivity contribution in [2.75, 3.05) is 13.0 Å². The van der Waals surface area contributed by atoms with Gasteiger partial charge >= 0.3 is 5.97 Å². The maximum absolute atomic E-state index is 11.3. The molecule has 0 unspecified atom stereocenters. The minimum absolute atomic E-state index is 0.0987. The van der Waals surface area contributed by atoms with Crippen molar-refractivity contribution in [3.05, 3.63) is 23.5 Å².